The van der Waals surface area contributed by atoms with Crippen molar-refractivity contribution < 1.29 is 9.32 Å². The minimum absolute atomic E-state index is 0.00747. The number of piperidine rings is 2. The molecule has 2 aliphatic heterocycles. The molecule has 1 amide bonds. The van der Waals surface area contributed by atoms with Crippen molar-refractivity contribution in [3.05, 3.63) is 53.9 Å². The lowest BCUT2D eigenvalue weighted by molar-refractivity contribution is 0.0108. The number of nitrogens with zero attached hydrogens (tertiary/aromatic N) is 3. The van der Waals surface area contributed by atoms with Gasteiger partial charge in [-0.3, -0.25) is 9.69 Å². The van der Waals surface area contributed by atoms with Gasteiger partial charge in [0.25, 0.3) is 5.91 Å². The van der Waals surface area contributed by atoms with Crippen LogP contribution in [0.25, 0.3) is 0 Å². The van der Waals surface area contributed by atoms with Crippen molar-refractivity contribution >= 4 is 5.91 Å². The fraction of sp³-hybridized carbons (Fsp3) is 0.545. The number of likely N-dealkylation sites (tertiary alicyclic amines) is 2. The summed E-state index contributed by atoms with van der Waals surface area (Å²) in [6.07, 6.45) is 7.60. The van der Waals surface area contributed by atoms with Crippen LogP contribution < -0.4 is 0 Å². The number of benzene rings is 1. The van der Waals surface area contributed by atoms with Crippen LogP contribution in [0.3, 0.4) is 0 Å². The first-order valence-electron chi connectivity index (χ1n) is 10.2. The predicted molar refractivity (Wildman–Crippen MR) is 102 cm³/mol. The Morgan fingerprint density at radius 1 is 1.11 bits per heavy atom. The van der Waals surface area contributed by atoms with Crippen molar-refractivity contribution in [2.24, 2.45) is 5.41 Å². The molecule has 3 aliphatic rings. The maximum Gasteiger partial charge on any atom is 0.276 e. The van der Waals surface area contributed by atoms with Crippen LogP contribution in [0, 0.1) is 5.41 Å². The molecule has 2 aromatic rings. The van der Waals surface area contributed by atoms with E-state index >= 15 is 0 Å². The first-order valence-corrected chi connectivity index (χ1v) is 10.2. The normalized spacial score (nSPS) is 25.6. The zero-order valence-corrected chi connectivity index (χ0v) is 15.7. The number of hydrogen-bond acceptors (Lipinski definition) is 4. The molecule has 1 spiro atoms. The Bertz CT molecular complexity index is 777. The summed E-state index contributed by atoms with van der Waals surface area (Å²) in [6.45, 7) is 4.04. The molecule has 0 bridgehead atoms. The molecule has 142 valence electrons. The van der Waals surface area contributed by atoms with E-state index in [0.29, 0.717) is 17.0 Å². The average molecular weight is 365 g/mol. The Morgan fingerprint density at radius 3 is 2.56 bits per heavy atom. The Labute approximate surface area is 160 Å². The second kappa shape index (κ2) is 6.79. The van der Waals surface area contributed by atoms with Gasteiger partial charge in [-0.2, -0.15) is 0 Å². The molecule has 1 aliphatic carbocycles. The number of hydrogen-bond donors (Lipinski definition) is 0. The van der Waals surface area contributed by atoms with Crippen LogP contribution in [-0.4, -0.2) is 53.1 Å². The summed E-state index contributed by atoms with van der Waals surface area (Å²) in [5.74, 6) is 0.617. The number of carbonyl (C=O) groups excluding carboxylic acids is 1. The van der Waals surface area contributed by atoms with E-state index in [1.54, 1.807) is 6.07 Å². The Hall–Kier alpha value is -2.14. The maximum atomic E-state index is 12.6. The van der Waals surface area contributed by atoms with Crippen molar-refractivity contribution in [2.45, 2.75) is 44.1 Å². The lowest BCUT2D eigenvalue weighted by Crippen LogP contribution is -2.53. The van der Waals surface area contributed by atoms with E-state index in [-0.39, 0.29) is 5.91 Å². The van der Waals surface area contributed by atoms with Crippen molar-refractivity contribution in [1.82, 2.24) is 15.0 Å². The van der Waals surface area contributed by atoms with Gasteiger partial charge in [-0.05, 0) is 49.0 Å². The molecule has 2 saturated heterocycles. The maximum absolute atomic E-state index is 12.6. The summed E-state index contributed by atoms with van der Waals surface area (Å²) < 4.78 is 4.84. The van der Waals surface area contributed by atoms with E-state index in [9.17, 15) is 4.79 Å². The van der Waals surface area contributed by atoms with E-state index in [1.807, 2.05) is 4.90 Å². The van der Waals surface area contributed by atoms with Crippen LogP contribution in [-0.2, 0) is 0 Å². The van der Waals surface area contributed by atoms with E-state index in [0.717, 1.165) is 32.0 Å². The summed E-state index contributed by atoms with van der Waals surface area (Å²) in [6, 6.07) is 13.5. The summed E-state index contributed by atoms with van der Waals surface area (Å²) in [4.78, 5) is 17.3. The molecule has 3 fully saturated rings. The molecule has 0 N–H and O–H groups in total. The van der Waals surface area contributed by atoms with Gasteiger partial charge in [-0.25, -0.2) is 0 Å². The number of carbonyl (C=O) groups is 1. The summed E-state index contributed by atoms with van der Waals surface area (Å²) in [7, 11) is 0. The molecule has 1 aromatic heterocycles. The number of amides is 1. The highest BCUT2D eigenvalue weighted by molar-refractivity contribution is 5.92. The Kier molecular flexibility index (Phi) is 4.27. The van der Waals surface area contributed by atoms with E-state index < -0.39 is 0 Å². The van der Waals surface area contributed by atoms with Gasteiger partial charge in [0, 0.05) is 38.3 Å². The summed E-state index contributed by atoms with van der Waals surface area (Å²) in [5, 5.41) is 3.82. The molecule has 27 heavy (non-hydrogen) atoms. The van der Waals surface area contributed by atoms with Gasteiger partial charge in [-0.15, -0.1) is 0 Å². The molecule has 5 heteroatoms. The second-order valence-corrected chi connectivity index (χ2v) is 8.65. The molecule has 1 saturated carbocycles. The van der Waals surface area contributed by atoms with Crippen molar-refractivity contribution in [3.63, 3.8) is 0 Å². The first-order chi connectivity index (χ1) is 13.2. The third-order valence-corrected chi connectivity index (χ3v) is 6.78. The minimum Gasteiger partial charge on any atom is -0.364 e. The van der Waals surface area contributed by atoms with E-state index in [2.05, 4.69) is 40.4 Å². The number of rotatable bonds is 3. The predicted octanol–water partition coefficient (Wildman–Crippen LogP) is 3.55. The van der Waals surface area contributed by atoms with Crippen molar-refractivity contribution in [1.29, 1.82) is 0 Å². The first kappa shape index (κ1) is 17.0. The van der Waals surface area contributed by atoms with Crippen LogP contribution in [0.4, 0.5) is 0 Å². The lowest BCUT2D eigenvalue weighted by atomic mass is 9.68. The molecule has 1 atom stereocenters. The zero-order chi connectivity index (χ0) is 18.3. The van der Waals surface area contributed by atoms with Crippen LogP contribution >= 0.6 is 0 Å². The Morgan fingerprint density at radius 2 is 1.89 bits per heavy atom. The molecule has 0 radical (unpaired) electrons. The van der Waals surface area contributed by atoms with E-state index in [4.69, 9.17) is 4.52 Å². The largest absolute Gasteiger partial charge is 0.364 e. The average Bonchev–Trinajstić information content (AvgIpc) is 3.43. The topological polar surface area (TPSA) is 49.6 Å². The molecule has 5 nitrogen and oxygen atoms in total. The minimum atomic E-state index is 0.00747. The third-order valence-electron chi connectivity index (χ3n) is 6.78. The van der Waals surface area contributed by atoms with Gasteiger partial charge in [-0.1, -0.05) is 35.5 Å². The smallest absolute Gasteiger partial charge is 0.276 e. The SMILES string of the molecule is O=C(c1ccon1)N1CCC2(CC1)C[C@H](c1ccccc1)CN(C1CC1)C2. The van der Waals surface area contributed by atoms with Crippen molar-refractivity contribution in [2.75, 3.05) is 26.2 Å². The molecule has 0 unspecified atom stereocenters. The quantitative estimate of drug-likeness (QED) is 0.835. The fourth-order valence-electron chi connectivity index (χ4n) is 5.13. The number of aromatic nitrogens is 1. The van der Waals surface area contributed by atoms with Crippen molar-refractivity contribution in [3.8, 4) is 0 Å². The third kappa shape index (κ3) is 3.41. The molecular formula is C22H27N3O2. The van der Waals surface area contributed by atoms with Gasteiger partial charge in [0.2, 0.25) is 0 Å². The zero-order valence-electron chi connectivity index (χ0n) is 15.7. The van der Waals surface area contributed by atoms with Crippen LogP contribution in [0.2, 0.25) is 0 Å². The highest BCUT2D eigenvalue weighted by Crippen LogP contribution is 2.47. The standard InChI is InChI=1S/C22H27N3O2/c26-21(20-8-13-27-23-20)24-11-9-22(10-12-24)14-18(17-4-2-1-3-5-17)15-25(16-22)19-6-7-19/h1-5,8,13,18-19H,6-7,9-12,14-16H2/t18-/m0/s1. The van der Waals surface area contributed by atoms with Gasteiger partial charge in [0.05, 0.1) is 0 Å². The molecule has 3 heterocycles. The van der Waals surface area contributed by atoms with Gasteiger partial charge in [0.1, 0.15) is 6.26 Å². The van der Waals surface area contributed by atoms with Gasteiger partial charge >= 0.3 is 0 Å². The van der Waals surface area contributed by atoms with E-state index in [1.165, 1.54) is 44.2 Å². The van der Waals surface area contributed by atoms with Crippen LogP contribution in [0.5, 0.6) is 0 Å². The highest BCUT2D eigenvalue weighted by atomic mass is 16.5. The Balaban J connectivity index is 1.32. The highest BCUT2D eigenvalue weighted by Gasteiger charge is 2.46. The fourth-order valence-corrected chi connectivity index (χ4v) is 5.13. The summed E-state index contributed by atoms with van der Waals surface area (Å²) in [5.41, 5.74) is 2.24. The lowest BCUT2D eigenvalue weighted by Gasteiger charge is -2.50. The van der Waals surface area contributed by atoms with Gasteiger partial charge < -0.3 is 9.42 Å². The summed E-state index contributed by atoms with van der Waals surface area (Å²) >= 11 is 0. The van der Waals surface area contributed by atoms with Gasteiger partial charge in [0.15, 0.2) is 5.69 Å². The molecule has 5 rings (SSSR count). The second-order valence-electron chi connectivity index (χ2n) is 8.65. The monoisotopic (exact) mass is 365 g/mol. The molecular weight excluding hydrogens is 338 g/mol. The van der Waals surface area contributed by atoms with Crippen LogP contribution in [0.15, 0.2) is 47.2 Å². The molecule has 1 aromatic carbocycles. The van der Waals surface area contributed by atoms with Crippen LogP contribution in [0.1, 0.15) is 54.1 Å².